The first kappa shape index (κ1) is 17.9. The van der Waals surface area contributed by atoms with Crippen molar-refractivity contribution in [2.75, 3.05) is 52.4 Å². The van der Waals surface area contributed by atoms with Gasteiger partial charge in [0.1, 0.15) is 5.82 Å². The van der Waals surface area contributed by atoms with Gasteiger partial charge < -0.3 is 9.80 Å². The Labute approximate surface area is 158 Å². The number of benzene rings is 1. The van der Waals surface area contributed by atoms with Gasteiger partial charge in [-0.3, -0.25) is 9.69 Å². The van der Waals surface area contributed by atoms with Crippen molar-refractivity contribution in [3.63, 3.8) is 0 Å². The number of halogens is 1. The number of carbonyl (C=O) groups is 1. The van der Waals surface area contributed by atoms with Gasteiger partial charge in [-0.05, 0) is 50.6 Å². The van der Waals surface area contributed by atoms with Crippen LogP contribution in [-0.4, -0.2) is 73.0 Å². The first-order valence-corrected chi connectivity index (χ1v) is 10.4. The lowest BCUT2D eigenvalue weighted by Crippen LogP contribution is -2.50. The van der Waals surface area contributed by atoms with E-state index in [0.717, 1.165) is 49.5 Å². The van der Waals surface area contributed by atoms with Gasteiger partial charge in [-0.15, -0.1) is 11.3 Å². The minimum absolute atomic E-state index is 0.0577. The maximum absolute atomic E-state index is 14.1. The van der Waals surface area contributed by atoms with Crippen LogP contribution >= 0.6 is 11.3 Å². The third-order valence-corrected chi connectivity index (χ3v) is 6.93. The standard InChI is InChI=1S/C20H26FN3OS/c1-15-18-16(21)5-4-6-17(18)26-19(15)20(25)24-13-11-23(12-14-24)10-9-22-7-2-3-8-22/h4-6H,2-3,7-14H2,1H3. The van der Waals surface area contributed by atoms with Crippen molar-refractivity contribution in [3.8, 4) is 0 Å². The van der Waals surface area contributed by atoms with Gasteiger partial charge in [-0.25, -0.2) is 4.39 Å². The fraction of sp³-hybridized carbons (Fsp3) is 0.550. The second-order valence-corrected chi connectivity index (χ2v) is 8.40. The fourth-order valence-electron chi connectivity index (χ4n) is 4.06. The van der Waals surface area contributed by atoms with E-state index in [-0.39, 0.29) is 11.7 Å². The normalized spacial score (nSPS) is 19.5. The number of thiophene rings is 1. The van der Waals surface area contributed by atoms with Crippen molar-refractivity contribution >= 4 is 27.3 Å². The molecule has 0 aliphatic carbocycles. The highest BCUT2D eigenvalue weighted by atomic mass is 32.1. The molecular weight excluding hydrogens is 349 g/mol. The van der Waals surface area contributed by atoms with E-state index in [9.17, 15) is 9.18 Å². The summed E-state index contributed by atoms with van der Waals surface area (Å²) in [7, 11) is 0. The molecule has 4 nitrogen and oxygen atoms in total. The summed E-state index contributed by atoms with van der Waals surface area (Å²) in [4.78, 5) is 20.6. The van der Waals surface area contributed by atoms with Crippen LogP contribution in [0.1, 0.15) is 28.1 Å². The molecule has 1 aromatic carbocycles. The molecule has 26 heavy (non-hydrogen) atoms. The molecule has 2 fully saturated rings. The number of hydrogen-bond acceptors (Lipinski definition) is 4. The SMILES string of the molecule is Cc1c(C(=O)N2CCN(CCN3CCCC3)CC2)sc2cccc(F)c12. The molecule has 2 aromatic rings. The number of likely N-dealkylation sites (tertiary alicyclic amines) is 1. The van der Waals surface area contributed by atoms with E-state index in [1.54, 1.807) is 6.07 Å². The van der Waals surface area contributed by atoms with Crippen LogP contribution in [0.5, 0.6) is 0 Å². The molecule has 140 valence electrons. The summed E-state index contributed by atoms with van der Waals surface area (Å²) in [5.74, 6) is -0.177. The minimum Gasteiger partial charge on any atom is -0.335 e. The number of aryl methyl sites for hydroxylation is 1. The Kier molecular flexibility index (Phi) is 5.25. The quantitative estimate of drug-likeness (QED) is 0.821. The van der Waals surface area contributed by atoms with Crippen LogP contribution in [0.3, 0.4) is 0 Å². The lowest BCUT2D eigenvalue weighted by atomic mass is 10.1. The summed E-state index contributed by atoms with van der Waals surface area (Å²) in [6.45, 7) is 9.94. The van der Waals surface area contributed by atoms with E-state index >= 15 is 0 Å². The van der Waals surface area contributed by atoms with Gasteiger partial charge in [-0.1, -0.05) is 6.07 Å². The number of nitrogens with zero attached hydrogens (tertiary/aromatic N) is 3. The molecule has 0 saturated carbocycles. The zero-order valence-electron chi connectivity index (χ0n) is 15.3. The van der Waals surface area contributed by atoms with Gasteiger partial charge in [0.2, 0.25) is 0 Å². The van der Waals surface area contributed by atoms with Crippen LogP contribution in [-0.2, 0) is 0 Å². The zero-order valence-corrected chi connectivity index (χ0v) is 16.2. The van der Waals surface area contributed by atoms with E-state index in [1.807, 2.05) is 17.9 Å². The highest BCUT2D eigenvalue weighted by Crippen LogP contribution is 2.33. The van der Waals surface area contributed by atoms with Crippen LogP contribution in [0.4, 0.5) is 4.39 Å². The molecule has 2 aliphatic rings. The highest BCUT2D eigenvalue weighted by molar-refractivity contribution is 7.21. The van der Waals surface area contributed by atoms with Crippen molar-refractivity contribution in [1.82, 2.24) is 14.7 Å². The first-order chi connectivity index (χ1) is 12.6. The van der Waals surface area contributed by atoms with E-state index in [0.29, 0.717) is 10.3 Å². The van der Waals surface area contributed by atoms with E-state index < -0.39 is 0 Å². The number of hydrogen-bond donors (Lipinski definition) is 0. The molecule has 2 aliphatic heterocycles. The molecule has 0 bridgehead atoms. The Hall–Kier alpha value is -1.50. The molecule has 1 aromatic heterocycles. The summed E-state index contributed by atoms with van der Waals surface area (Å²) in [5.41, 5.74) is 0.782. The van der Waals surface area contributed by atoms with E-state index in [2.05, 4.69) is 9.80 Å². The lowest BCUT2D eigenvalue weighted by Gasteiger charge is -2.35. The molecule has 4 rings (SSSR count). The Morgan fingerprint density at radius 1 is 1.04 bits per heavy atom. The monoisotopic (exact) mass is 375 g/mol. The predicted octanol–water partition coefficient (Wildman–Crippen LogP) is 3.20. The summed E-state index contributed by atoms with van der Waals surface area (Å²) >= 11 is 1.42. The Morgan fingerprint density at radius 2 is 1.69 bits per heavy atom. The van der Waals surface area contributed by atoms with Gasteiger partial charge >= 0.3 is 0 Å². The van der Waals surface area contributed by atoms with Crippen LogP contribution in [0.2, 0.25) is 0 Å². The fourth-order valence-corrected chi connectivity index (χ4v) is 5.26. The largest absolute Gasteiger partial charge is 0.335 e. The molecule has 6 heteroatoms. The average molecular weight is 376 g/mol. The summed E-state index contributed by atoms with van der Waals surface area (Å²) in [6, 6.07) is 5.07. The number of piperazine rings is 1. The molecule has 1 amide bonds. The van der Waals surface area contributed by atoms with Crippen molar-refractivity contribution in [2.24, 2.45) is 0 Å². The van der Waals surface area contributed by atoms with Gasteiger partial charge in [0, 0.05) is 49.4 Å². The van der Waals surface area contributed by atoms with Crippen LogP contribution in [0.15, 0.2) is 18.2 Å². The van der Waals surface area contributed by atoms with Gasteiger partial charge in [0.25, 0.3) is 5.91 Å². The molecule has 0 atom stereocenters. The maximum atomic E-state index is 14.1. The molecule has 0 unspecified atom stereocenters. The number of amides is 1. The summed E-state index contributed by atoms with van der Waals surface area (Å²) < 4.78 is 15.0. The van der Waals surface area contributed by atoms with Gasteiger partial charge in [0.15, 0.2) is 0 Å². The zero-order chi connectivity index (χ0) is 18.1. The third kappa shape index (κ3) is 3.50. The number of rotatable bonds is 4. The topological polar surface area (TPSA) is 26.8 Å². The molecule has 0 spiro atoms. The number of carbonyl (C=O) groups excluding carboxylic acids is 1. The van der Waals surface area contributed by atoms with Crippen molar-refractivity contribution in [1.29, 1.82) is 0 Å². The smallest absolute Gasteiger partial charge is 0.264 e. The molecule has 3 heterocycles. The minimum atomic E-state index is -0.234. The third-order valence-electron chi connectivity index (χ3n) is 5.69. The molecule has 2 saturated heterocycles. The van der Waals surface area contributed by atoms with Crippen LogP contribution in [0, 0.1) is 12.7 Å². The summed E-state index contributed by atoms with van der Waals surface area (Å²) in [6.07, 6.45) is 2.66. The second kappa shape index (κ2) is 7.62. The molecule has 0 N–H and O–H groups in total. The summed E-state index contributed by atoms with van der Waals surface area (Å²) in [5, 5.41) is 0.602. The maximum Gasteiger partial charge on any atom is 0.264 e. The van der Waals surface area contributed by atoms with E-state index in [4.69, 9.17) is 0 Å². The Bertz CT molecular complexity index is 792. The van der Waals surface area contributed by atoms with Gasteiger partial charge in [0.05, 0.1) is 4.88 Å². The predicted molar refractivity (Wildman–Crippen MR) is 105 cm³/mol. The number of fused-ring (bicyclic) bond motifs is 1. The van der Waals surface area contributed by atoms with Crippen molar-refractivity contribution in [2.45, 2.75) is 19.8 Å². The van der Waals surface area contributed by atoms with Crippen molar-refractivity contribution < 1.29 is 9.18 Å². The van der Waals surface area contributed by atoms with Gasteiger partial charge in [-0.2, -0.15) is 0 Å². The molecular formula is C20H26FN3OS. The van der Waals surface area contributed by atoms with E-state index in [1.165, 1.54) is 43.3 Å². The average Bonchev–Trinajstić information content (AvgIpc) is 3.28. The highest BCUT2D eigenvalue weighted by Gasteiger charge is 2.26. The van der Waals surface area contributed by atoms with Crippen LogP contribution in [0.25, 0.3) is 10.1 Å². The first-order valence-electron chi connectivity index (χ1n) is 9.55. The van der Waals surface area contributed by atoms with Crippen molar-refractivity contribution in [3.05, 3.63) is 34.5 Å². The Balaban J connectivity index is 1.37. The second-order valence-electron chi connectivity index (χ2n) is 7.35. The lowest BCUT2D eigenvalue weighted by molar-refractivity contribution is 0.0631. The Morgan fingerprint density at radius 3 is 2.35 bits per heavy atom. The van der Waals surface area contributed by atoms with Crippen LogP contribution < -0.4 is 0 Å². The molecule has 0 radical (unpaired) electrons.